The van der Waals surface area contributed by atoms with Crippen molar-refractivity contribution in [3.05, 3.63) is 70.9 Å². The molecule has 0 bridgehead atoms. The van der Waals surface area contributed by atoms with E-state index in [4.69, 9.17) is 4.74 Å². The molecule has 0 aliphatic carbocycles. The normalized spacial score (nSPS) is 11.1. The lowest BCUT2D eigenvalue weighted by Gasteiger charge is -2.20. The summed E-state index contributed by atoms with van der Waals surface area (Å²) in [5.74, 6) is 0.204. The zero-order valence-corrected chi connectivity index (χ0v) is 17.1. The van der Waals surface area contributed by atoms with Crippen LogP contribution in [0.4, 0.5) is 11.4 Å². The van der Waals surface area contributed by atoms with Crippen molar-refractivity contribution in [1.29, 1.82) is 0 Å². The minimum atomic E-state index is -3.90. The molecule has 28 heavy (non-hydrogen) atoms. The fourth-order valence-electron chi connectivity index (χ4n) is 2.58. The monoisotopic (exact) mass is 416 g/mol. The van der Waals surface area contributed by atoms with Crippen LogP contribution >= 0.6 is 11.3 Å². The van der Waals surface area contributed by atoms with E-state index in [9.17, 15) is 13.2 Å². The first-order valence-corrected chi connectivity index (χ1v) is 10.9. The minimum absolute atomic E-state index is 0.0256. The predicted molar refractivity (Wildman–Crippen MR) is 112 cm³/mol. The smallest absolute Gasteiger partial charge is 0.267 e. The number of nitrogens with zero attached hydrogens (tertiary/aromatic N) is 1. The maximum absolute atomic E-state index is 13.1. The number of nitrogens with one attached hydrogen (secondary N) is 1. The summed E-state index contributed by atoms with van der Waals surface area (Å²) in [6, 6.07) is 17.1. The average molecular weight is 417 g/mol. The van der Waals surface area contributed by atoms with Gasteiger partial charge in [0.25, 0.3) is 15.9 Å². The fourth-order valence-corrected chi connectivity index (χ4v) is 5.07. The molecule has 1 heterocycles. The Morgan fingerprint density at radius 2 is 1.75 bits per heavy atom. The lowest BCUT2D eigenvalue weighted by atomic mass is 10.3. The maximum atomic E-state index is 13.1. The van der Waals surface area contributed by atoms with Gasteiger partial charge in [-0.3, -0.25) is 9.10 Å². The molecule has 146 valence electrons. The summed E-state index contributed by atoms with van der Waals surface area (Å²) in [5, 5.41) is 4.33. The van der Waals surface area contributed by atoms with Gasteiger partial charge in [0.05, 0.1) is 12.3 Å². The van der Waals surface area contributed by atoms with Crippen molar-refractivity contribution in [2.45, 2.75) is 11.8 Å². The Labute approximate surface area is 168 Å². The van der Waals surface area contributed by atoms with Crippen LogP contribution in [0.15, 0.2) is 70.9 Å². The molecule has 0 unspecified atom stereocenters. The Balaban J connectivity index is 1.86. The first-order valence-electron chi connectivity index (χ1n) is 8.59. The zero-order chi connectivity index (χ0) is 20.1. The number of hydrogen-bond donors (Lipinski definition) is 1. The van der Waals surface area contributed by atoms with E-state index in [1.54, 1.807) is 53.9 Å². The summed E-state index contributed by atoms with van der Waals surface area (Å²) in [6.07, 6.45) is 0. The van der Waals surface area contributed by atoms with Crippen molar-refractivity contribution in [2.24, 2.45) is 0 Å². The van der Waals surface area contributed by atoms with E-state index in [0.717, 1.165) is 15.6 Å². The average Bonchev–Trinajstić information content (AvgIpc) is 3.20. The van der Waals surface area contributed by atoms with Crippen LogP contribution in [0.25, 0.3) is 0 Å². The third-order valence-electron chi connectivity index (χ3n) is 4.02. The molecule has 8 heteroatoms. The molecular formula is C20H20N2O4S2. The van der Waals surface area contributed by atoms with Gasteiger partial charge >= 0.3 is 0 Å². The number of hydrogen-bond acceptors (Lipinski definition) is 5. The van der Waals surface area contributed by atoms with Gasteiger partial charge in [-0.1, -0.05) is 18.2 Å². The summed E-state index contributed by atoms with van der Waals surface area (Å²) < 4.78 is 32.8. The summed E-state index contributed by atoms with van der Waals surface area (Å²) in [6.45, 7) is 2.41. The number of amides is 1. The van der Waals surface area contributed by atoms with Crippen molar-refractivity contribution >= 4 is 38.6 Å². The number of thiophene rings is 1. The highest BCUT2D eigenvalue weighted by Gasteiger charge is 2.28. The summed E-state index contributed by atoms with van der Waals surface area (Å²) in [5.41, 5.74) is 1.08. The summed E-state index contributed by atoms with van der Waals surface area (Å²) >= 11 is 1.09. The van der Waals surface area contributed by atoms with E-state index >= 15 is 0 Å². The second kappa shape index (κ2) is 8.45. The first-order chi connectivity index (χ1) is 13.4. The van der Waals surface area contributed by atoms with Gasteiger partial charge in [0.2, 0.25) is 0 Å². The lowest BCUT2D eigenvalue weighted by Crippen LogP contribution is -2.28. The highest BCUT2D eigenvalue weighted by molar-refractivity contribution is 7.93. The van der Waals surface area contributed by atoms with Crippen LogP contribution in [0.1, 0.15) is 16.6 Å². The largest absolute Gasteiger partial charge is 0.494 e. The minimum Gasteiger partial charge on any atom is -0.494 e. The number of carbonyl (C=O) groups is 1. The van der Waals surface area contributed by atoms with Gasteiger partial charge in [-0.15, -0.1) is 11.3 Å². The molecule has 2 aromatic carbocycles. The molecular weight excluding hydrogens is 396 g/mol. The third kappa shape index (κ3) is 4.18. The van der Waals surface area contributed by atoms with Gasteiger partial charge in [0.1, 0.15) is 15.5 Å². The van der Waals surface area contributed by atoms with Crippen LogP contribution < -0.4 is 14.4 Å². The van der Waals surface area contributed by atoms with Gasteiger partial charge in [-0.25, -0.2) is 8.42 Å². The van der Waals surface area contributed by atoms with Crippen LogP contribution in [0.3, 0.4) is 0 Å². The number of para-hydroxylation sites is 1. The SMILES string of the molecule is CCOc1ccc(N(C)S(=O)(=O)c2ccsc2C(=O)Nc2ccccc2)cc1. The van der Waals surface area contributed by atoms with Crippen molar-refractivity contribution in [3.8, 4) is 5.75 Å². The number of anilines is 2. The first kappa shape index (κ1) is 19.9. The quantitative estimate of drug-likeness (QED) is 0.626. The Kier molecular flexibility index (Phi) is 6.01. The van der Waals surface area contributed by atoms with Crippen molar-refractivity contribution in [2.75, 3.05) is 23.3 Å². The molecule has 0 aliphatic heterocycles. The number of ether oxygens (including phenoxy) is 1. The highest BCUT2D eigenvalue weighted by atomic mass is 32.2. The molecule has 0 saturated carbocycles. The van der Waals surface area contributed by atoms with E-state index < -0.39 is 15.9 Å². The zero-order valence-electron chi connectivity index (χ0n) is 15.5. The topological polar surface area (TPSA) is 75.7 Å². The predicted octanol–water partition coefficient (Wildman–Crippen LogP) is 4.22. The number of benzene rings is 2. The van der Waals surface area contributed by atoms with Crippen LogP contribution in [-0.4, -0.2) is 28.0 Å². The Morgan fingerprint density at radius 1 is 1.07 bits per heavy atom. The molecule has 1 N–H and O–H groups in total. The van der Waals surface area contributed by atoms with Crippen molar-refractivity contribution in [3.63, 3.8) is 0 Å². The van der Waals surface area contributed by atoms with Crippen LogP contribution in [0.2, 0.25) is 0 Å². The summed E-state index contributed by atoms with van der Waals surface area (Å²) in [4.78, 5) is 12.7. The van der Waals surface area contributed by atoms with E-state index in [-0.39, 0.29) is 9.77 Å². The van der Waals surface area contributed by atoms with Crippen LogP contribution in [-0.2, 0) is 10.0 Å². The number of rotatable bonds is 7. The summed E-state index contributed by atoms with van der Waals surface area (Å²) in [7, 11) is -2.44. The maximum Gasteiger partial charge on any atom is 0.267 e. The fraction of sp³-hybridized carbons (Fsp3) is 0.150. The van der Waals surface area contributed by atoms with E-state index in [1.807, 2.05) is 13.0 Å². The van der Waals surface area contributed by atoms with Gasteiger partial charge in [0, 0.05) is 12.7 Å². The van der Waals surface area contributed by atoms with E-state index in [2.05, 4.69) is 5.32 Å². The Bertz CT molecular complexity index is 1050. The molecule has 0 fully saturated rings. The third-order valence-corrected chi connectivity index (χ3v) is 6.89. The van der Waals surface area contributed by atoms with Gasteiger partial charge < -0.3 is 10.1 Å². The van der Waals surface area contributed by atoms with Crippen molar-refractivity contribution < 1.29 is 17.9 Å². The standard InChI is InChI=1S/C20H20N2O4S2/c1-3-26-17-11-9-16(10-12-17)22(2)28(24,25)18-13-14-27-19(18)20(23)21-15-7-5-4-6-8-15/h4-14H,3H2,1-2H3,(H,21,23). The molecule has 3 rings (SSSR count). The van der Waals surface area contributed by atoms with Gasteiger partial charge in [-0.2, -0.15) is 0 Å². The highest BCUT2D eigenvalue weighted by Crippen LogP contribution is 2.29. The molecule has 0 radical (unpaired) electrons. The molecule has 3 aromatic rings. The number of carbonyl (C=O) groups excluding carboxylic acids is 1. The molecule has 1 aromatic heterocycles. The van der Waals surface area contributed by atoms with Gasteiger partial charge in [0.15, 0.2) is 0 Å². The molecule has 6 nitrogen and oxygen atoms in total. The second-order valence-corrected chi connectivity index (χ2v) is 8.69. The Hall–Kier alpha value is -2.84. The molecule has 0 saturated heterocycles. The molecule has 1 amide bonds. The van der Waals surface area contributed by atoms with Crippen LogP contribution in [0, 0.1) is 0 Å². The molecule has 0 spiro atoms. The number of sulfonamides is 1. The van der Waals surface area contributed by atoms with Crippen molar-refractivity contribution in [1.82, 2.24) is 0 Å². The Morgan fingerprint density at radius 3 is 2.39 bits per heavy atom. The van der Waals surface area contributed by atoms with E-state index in [1.165, 1.54) is 13.1 Å². The second-order valence-electron chi connectivity index (χ2n) is 5.83. The lowest BCUT2D eigenvalue weighted by molar-refractivity contribution is 0.102. The molecule has 0 aliphatic rings. The molecule has 0 atom stereocenters. The van der Waals surface area contributed by atoms with E-state index in [0.29, 0.717) is 23.7 Å². The van der Waals surface area contributed by atoms with Gasteiger partial charge in [-0.05, 0) is 54.8 Å². The van der Waals surface area contributed by atoms with Crippen LogP contribution in [0.5, 0.6) is 5.75 Å².